The van der Waals surface area contributed by atoms with Crippen molar-refractivity contribution in [3.05, 3.63) is 57.5 Å². The van der Waals surface area contributed by atoms with E-state index in [1.54, 1.807) is 12.1 Å². The summed E-state index contributed by atoms with van der Waals surface area (Å²) in [7, 11) is -3.69. The van der Waals surface area contributed by atoms with Crippen LogP contribution in [0.4, 0.5) is 5.69 Å². The van der Waals surface area contributed by atoms with Crippen LogP contribution in [0.1, 0.15) is 5.56 Å². The van der Waals surface area contributed by atoms with Crippen LogP contribution < -0.4 is 4.72 Å². The molecule has 0 spiro atoms. The maximum Gasteiger partial charge on any atom is 0.261 e. The molecular weight excluding hydrogens is 364 g/mol. The summed E-state index contributed by atoms with van der Waals surface area (Å²) < 4.78 is 27.4. The number of sulfonamides is 1. The van der Waals surface area contributed by atoms with E-state index in [1.165, 1.54) is 30.3 Å². The smallest absolute Gasteiger partial charge is 0.261 e. The Morgan fingerprint density at radius 2 is 1.95 bits per heavy atom. The molecule has 0 radical (unpaired) electrons. The van der Waals surface area contributed by atoms with Gasteiger partial charge in [-0.05, 0) is 36.4 Å². The Morgan fingerprint density at radius 1 is 1.20 bits per heavy atom. The van der Waals surface area contributed by atoms with Gasteiger partial charge in [-0.25, -0.2) is 8.42 Å². The summed E-state index contributed by atoms with van der Waals surface area (Å²) in [6.45, 7) is 0. The monoisotopic (exact) mass is 370 g/mol. The predicted molar refractivity (Wildman–Crippen MR) is 81.1 cm³/mol. The van der Waals surface area contributed by atoms with E-state index < -0.39 is 10.0 Å². The molecule has 0 aliphatic carbocycles. The van der Waals surface area contributed by atoms with Crippen molar-refractivity contribution in [1.29, 1.82) is 5.26 Å². The van der Waals surface area contributed by atoms with Gasteiger partial charge in [-0.3, -0.25) is 4.72 Å². The Labute approximate surface area is 130 Å². The molecule has 0 saturated carbocycles. The average molecular weight is 372 g/mol. The van der Waals surface area contributed by atoms with Crippen LogP contribution in [0, 0.1) is 11.3 Å². The molecule has 0 amide bonds. The molecule has 0 saturated heterocycles. The van der Waals surface area contributed by atoms with Gasteiger partial charge < -0.3 is 0 Å². The minimum absolute atomic E-state index is 0.132. The summed E-state index contributed by atoms with van der Waals surface area (Å²) >= 11 is 9.09. The molecule has 0 atom stereocenters. The number of hydrogen-bond donors (Lipinski definition) is 1. The maximum atomic E-state index is 12.2. The number of nitrogens with zero attached hydrogens (tertiary/aromatic N) is 1. The minimum Gasteiger partial charge on any atom is -0.280 e. The van der Waals surface area contributed by atoms with Crippen molar-refractivity contribution in [3.63, 3.8) is 0 Å². The van der Waals surface area contributed by atoms with Crippen molar-refractivity contribution >= 4 is 43.2 Å². The largest absolute Gasteiger partial charge is 0.280 e. The van der Waals surface area contributed by atoms with E-state index in [-0.39, 0.29) is 15.5 Å². The normalized spacial score (nSPS) is 10.8. The molecule has 0 unspecified atom stereocenters. The zero-order valence-corrected chi connectivity index (χ0v) is 13.1. The third-order valence-electron chi connectivity index (χ3n) is 2.45. The number of hydrogen-bond acceptors (Lipinski definition) is 3. The van der Waals surface area contributed by atoms with E-state index in [1.807, 2.05) is 6.07 Å². The van der Waals surface area contributed by atoms with Gasteiger partial charge >= 0.3 is 0 Å². The van der Waals surface area contributed by atoms with E-state index >= 15 is 0 Å². The first-order valence-electron chi connectivity index (χ1n) is 5.40. The maximum absolute atomic E-state index is 12.2. The van der Waals surface area contributed by atoms with Crippen LogP contribution in [0.2, 0.25) is 5.02 Å². The number of anilines is 1. The second kappa shape index (κ2) is 5.83. The van der Waals surface area contributed by atoms with Crippen LogP contribution in [0.15, 0.2) is 51.8 Å². The molecule has 0 fully saturated rings. The van der Waals surface area contributed by atoms with E-state index in [9.17, 15) is 8.42 Å². The van der Waals surface area contributed by atoms with Gasteiger partial charge in [-0.15, -0.1) is 0 Å². The van der Waals surface area contributed by atoms with Crippen molar-refractivity contribution < 1.29 is 8.42 Å². The van der Waals surface area contributed by atoms with E-state index in [0.29, 0.717) is 10.2 Å². The molecule has 1 N–H and O–H groups in total. The molecule has 0 heterocycles. The fraction of sp³-hybridized carbons (Fsp3) is 0. The summed E-state index contributed by atoms with van der Waals surface area (Å²) in [6, 6.07) is 12.6. The zero-order valence-electron chi connectivity index (χ0n) is 9.97. The molecule has 4 nitrogen and oxygen atoms in total. The third-order valence-corrected chi connectivity index (χ3v) is 4.63. The molecule has 0 aliphatic rings. The average Bonchev–Trinajstić information content (AvgIpc) is 2.38. The Morgan fingerprint density at radius 3 is 2.55 bits per heavy atom. The third kappa shape index (κ3) is 3.31. The summed E-state index contributed by atoms with van der Waals surface area (Å²) in [4.78, 5) is 0.132. The van der Waals surface area contributed by atoms with Crippen molar-refractivity contribution in [2.75, 3.05) is 4.72 Å². The Hall–Kier alpha value is -1.55. The van der Waals surface area contributed by atoms with E-state index in [4.69, 9.17) is 16.9 Å². The van der Waals surface area contributed by atoms with Gasteiger partial charge in [0, 0.05) is 4.47 Å². The molecule has 7 heteroatoms. The van der Waals surface area contributed by atoms with Crippen LogP contribution in [0.5, 0.6) is 0 Å². The minimum atomic E-state index is -3.69. The fourth-order valence-corrected chi connectivity index (χ4v) is 3.39. The highest BCUT2D eigenvalue weighted by Crippen LogP contribution is 2.23. The Kier molecular flexibility index (Phi) is 4.33. The lowest BCUT2D eigenvalue weighted by atomic mass is 10.2. The first-order chi connectivity index (χ1) is 9.42. The van der Waals surface area contributed by atoms with Gasteiger partial charge in [0.25, 0.3) is 10.0 Å². The van der Waals surface area contributed by atoms with Crippen LogP contribution in [-0.4, -0.2) is 8.42 Å². The number of benzene rings is 2. The molecule has 2 rings (SSSR count). The molecule has 2 aromatic rings. The summed E-state index contributed by atoms with van der Waals surface area (Å²) in [5.41, 5.74) is 0.589. The van der Waals surface area contributed by atoms with Crippen LogP contribution in [0.25, 0.3) is 0 Å². The Balaban J connectivity index is 2.34. The van der Waals surface area contributed by atoms with Crippen LogP contribution >= 0.6 is 27.5 Å². The highest BCUT2D eigenvalue weighted by Gasteiger charge is 2.15. The summed E-state index contributed by atoms with van der Waals surface area (Å²) in [5, 5.41) is 8.97. The number of nitriles is 1. The first kappa shape index (κ1) is 14.9. The van der Waals surface area contributed by atoms with Crippen molar-refractivity contribution in [2.24, 2.45) is 0 Å². The lowest BCUT2D eigenvalue weighted by molar-refractivity contribution is 0.601. The molecule has 0 aliphatic heterocycles. The molecule has 2 aromatic carbocycles. The molecular formula is C13H8BrClN2O2S. The quantitative estimate of drug-likeness (QED) is 0.892. The zero-order chi connectivity index (χ0) is 14.8. The topological polar surface area (TPSA) is 70.0 Å². The van der Waals surface area contributed by atoms with Gasteiger partial charge in [0.2, 0.25) is 0 Å². The van der Waals surface area contributed by atoms with Crippen LogP contribution in [-0.2, 0) is 10.0 Å². The molecule has 0 bridgehead atoms. The second-order valence-electron chi connectivity index (χ2n) is 3.87. The van der Waals surface area contributed by atoms with E-state index in [0.717, 1.165) is 0 Å². The number of rotatable bonds is 3. The fourth-order valence-electron chi connectivity index (χ4n) is 1.52. The predicted octanol–water partition coefficient (Wildman–Crippen LogP) is 3.77. The molecule has 102 valence electrons. The second-order valence-corrected chi connectivity index (χ2v) is 6.87. The van der Waals surface area contributed by atoms with Crippen LogP contribution in [0.3, 0.4) is 0 Å². The van der Waals surface area contributed by atoms with Gasteiger partial charge in [-0.1, -0.05) is 33.6 Å². The standard InChI is InChI=1S/C13H8BrClN2O2S/c14-10-2-1-3-12(6-10)20(18,19)17-11-5-4-9(8-16)13(15)7-11/h1-7,17H. The molecule has 20 heavy (non-hydrogen) atoms. The highest BCUT2D eigenvalue weighted by molar-refractivity contribution is 9.10. The molecule has 0 aromatic heterocycles. The van der Waals surface area contributed by atoms with Gasteiger partial charge in [0.15, 0.2) is 0 Å². The SMILES string of the molecule is N#Cc1ccc(NS(=O)(=O)c2cccc(Br)c2)cc1Cl. The lowest BCUT2D eigenvalue weighted by Crippen LogP contribution is -2.12. The van der Waals surface area contributed by atoms with Gasteiger partial charge in [-0.2, -0.15) is 5.26 Å². The van der Waals surface area contributed by atoms with Gasteiger partial charge in [0.05, 0.1) is 21.2 Å². The van der Waals surface area contributed by atoms with Crippen molar-refractivity contribution in [2.45, 2.75) is 4.90 Å². The lowest BCUT2D eigenvalue weighted by Gasteiger charge is -2.09. The van der Waals surface area contributed by atoms with E-state index in [2.05, 4.69) is 20.7 Å². The first-order valence-corrected chi connectivity index (χ1v) is 8.06. The summed E-state index contributed by atoms with van der Waals surface area (Å²) in [6.07, 6.45) is 0. The van der Waals surface area contributed by atoms with Crippen molar-refractivity contribution in [3.8, 4) is 6.07 Å². The Bertz CT molecular complexity index is 800. The summed E-state index contributed by atoms with van der Waals surface area (Å²) in [5.74, 6) is 0. The number of nitrogens with one attached hydrogen (secondary N) is 1. The number of halogens is 2. The van der Waals surface area contributed by atoms with Crippen molar-refractivity contribution in [1.82, 2.24) is 0 Å². The van der Waals surface area contributed by atoms with Gasteiger partial charge in [0.1, 0.15) is 6.07 Å². The highest BCUT2D eigenvalue weighted by atomic mass is 79.9.